The first-order chi connectivity index (χ1) is 35.6. The number of rotatable bonds is 19. The highest BCUT2D eigenvalue weighted by Gasteiger charge is 2.31. The molecule has 0 bridgehead atoms. The van der Waals surface area contributed by atoms with Crippen LogP contribution in [0.5, 0.6) is 17.4 Å². The van der Waals surface area contributed by atoms with Crippen molar-refractivity contribution in [3.63, 3.8) is 0 Å². The van der Waals surface area contributed by atoms with Gasteiger partial charge in [-0.05, 0) is 93.9 Å². The first kappa shape index (κ1) is 52.8. The Kier molecular flexibility index (Phi) is 16.8. The highest BCUT2D eigenvalue weighted by Crippen LogP contribution is 2.48. The van der Waals surface area contributed by atoms with E-state index in [1.54, 1.807) is 37.3 Å². The first-order valence-corrected chi connectivity index (χ1v) is 24.8. The largest absolute Gasteiger partial charge is 0.496 e. The quantitative estimate of drug-likeness (QED) is 0.0557. The van der Waals surface area contributed by atoms with Gasteiger partial charge >= 0.3 is 12.1 Å². The van der Waals surface area contributed by atoms with Crippen LogP contribution in [0.1, 0.15) is 54.9 Å². The zero-order valence-electron chi connectivity index (χ0n) is 41.9. The monoisotopic (exact) mass is 1030 g/mol. The Labute approximate surface area is 430 Å². The van der Waals surface area contributed by atoms with Crippen molar-refractivity contribution in [1.82, 2.24) is 34.6 Å². The van der Waals surface area contributed by atoms with Crippen LogP contribution in [0.25, 0.3) is 43.2 Å². The molecule has 0 radical (unpaired) electrons. The lowest BCUT2D eigenvalue weighted by atomic mass is 9.98. The SMILES string of the molecule is CCOC(=O)[C@@H](Cc1cc(CN(CCN2CCN(C)CC2)C(=O)OC(C)(C)C)ccc1OCc1ccnc(-c2ccccc2OC)n1)Oc1ncnc2sc(-c3ccc(F)cc3)c(-c3ccc(C=O)c(F)c3F)c12. The Balaban J connectivity index is 1.20. The molecular formula is C55H56F3N7O8S. The molecule has 1 saturated heterocycles. The second-order valence-electron chi connectivity index (χ2n) is 18.5. The average Bonchev–Trinajstić information content (AvgIpc) is 3.79. The number of piperazine rings is 1. The van der Waals surface area contributed by atoms with Gasteiger partial charge in [-0.3, -0.25) is 9.69 Å². The van der Waals surface area contributed by atoms with Gasteiger partial charge in [0.05, 0.1) is 35.9 Å². The Morgan fingerprint density at radius 1 is 0.892 bits per heavy atom. The molecule has 1 amide bonds. The predicted molar refractivity (Wildman–Crippen MR) is 274 cm³/mol. The molecule has 0 unspecified atom stereocenters. The maximum atomic E-state index is 16.2. The smallest absolute Gasteiger partial charge is 0.410 e. The number of benzene rings is 4. The Morgan fingerprint density at radius 2 is 1.66 bits per heavy atom. The number of hydrogen-bond acceptors (Lipinski definition) is 15. The average molecular weight is 1030 g/mol. The zero-order chi connectivity index (χ0) is 52.5. The summed E-state index contributed by atoms with van der Waals surface area (Å²) >= 11 is 1.09. The summed E-state index contributed by atoms with van der Waals surface area (Å²) in [5, 5.41) is 0.122. The van der Waals surface area contributed by atoms with Crippen LogP contribution in [0, 0.1) is 17.5 Å². The van der Waals surface area contributed by atoms with Crippen LogP contribution in [0.15, 0.2) is 97.5 Å². The number of likely N-dealkylation sites (N-methyl/N-ethyl adjacent to an activating group) is 1. The maximum absolute atomic E-state index is 16.2. The second-order valence-corrected chi connectivity index (χ2v) is 19.5. The molecule has 1 aliphatic heterocycles. The predicted octanol–water partition coefficient (Wildman–Crippen LogP) is 9.84. The molecule has 7 aromatic rings. The van der Waals surface area contributed by atoms with E-state index in [0.29, 0.717) is 63.2 Å². The van der Waals surface area contributed by atoms with Gasteiger partial charge in [-0.15, -0.1) is 11.3 Å². The van der Waals surface area contributed by atoms with Gasteiger partial charge in [0, 0.05) is 74.4 Å². The highest BCUT2D eigenvalue weighted by atomic mass is 32.1. The molecule has 74 heavy (non-hydrogen) atoms. The van der Waals surface area contributed by atoms with Crippen molar-refractivity contribution >= 4 is 39.9 Å². The van der Waals surface area contributed by atoms with Crippen molar-refractivity contribution in [3.8, 4) is 50.3 Å². The number of aldehydes is 1. The Morgan fingerprint density at radius 3 is 2.39 bits per heavy atom. The number of nitrogens with zero attached hydrogens (tertiary/aromatic N) is 7. The van der Waals surface area contributed by atoms with Crippen molar-refractivity contribution in [2.75, 3.05) is 60.0 Å². The Bertz CT molecular complexity index is 3130. The molecule has 1 atom stereocenters. The van der Waals surface area contributed by atoms with Gasteiger partial charge in [0.2, 0.25) is 12.0 Å². The van der Waals surface area contributed by atoms with Crippen molar-refractivity contribution < 1.29 is 51.2 Å². The van der Waals surface area contributed by atoms with E-state index in [-0.39, 0.29) is 59.7 Å². The normalized spacial score (nSPS) is 13.6. The third-order valence-electron chi connectivity index (χ3n) is 12.1. The minimum atomic E-state index is -1.44. The van der Waals surface area contributed by atoms with Crippen LogP contribution >= 0.6 is 11.3 Å². The fourth-order valence-corrected chi connectivity index (χ4v) is 9.54. The molecule has 0 saturated carbocycles. The molecule has 15 nitrogen and oxygen atoms in total. The van der Waals surface area contributed by atoms with Crippen LogP contribution in [0.2, 0.25) is 0 Å². The number of hydrogen-bond donors (Lipinski definition) is 0. The lowest BCUT2D eigenvalue weighted by Crippen LogP contribution is -2.48. The number of fused-ring (bicyclic) bond motifs is 1. The summed E-state index contributed by atoms with van der Waals surface area (Å²) in [4.78, 5) is 64.8. The molecule has 3 aromatic heterocycles. The molecule has 0 aliphatic carbocycles. The van der Waals surface area contributed by atoms with E-state index in [1.165, 1.54) is 36.7 Å². The number of carbonyl (C=O) groups is 3. The lowest BCUT2D eigenvalue weighted by Gasteiger charge is -2.34. The lowest BCUT2D eigenvalue weighted by molar-refractivity contribution is -0.151. The number of thiophene rings is 1. The third-order valence-corrected chi connectivity index (χ3v) is 13.3. The van der Waals surface area contributed by atoms with Gasteiger partial charge < -0.3 is 33.5 Å². The summed E-state index contributed by atoms with van der Waals surface area (Å²) in [6.07, 6.45) is 0.924. The number of carbonyl (C=O) groups excluding carboxylic acids is 3. The van der Waals surface area contributed by atoms with Crippen LogP contribution in [0.4, 0.5) is 18.0 Å². The van der Waals surface area contributed by atoms with Crippen LogP contribution in [-0.4, -0.2) is 125 Å². The number of methoxy groups -OCH3 is 1. The molecule has 1 fully saturated rings. The summed E-state index contributed by atoms with van der Waals surface area (Å²) in [5.74, 6) is -2.81. The van der Waals surface area contributed by atoms with Gasteiger partial charge in [-0.1, -0.05) is 42.5 Å². The van der Waals surface area contributed by atoms with E-state index >= 15 is 8.78 Å². The molecule has 386 valence electrons. The van der Waals surface area contributed by atoms with Crippen molar-refractivity contribution in [3.05, 3.63) is 137 Å². The fraction of sp³-hybridized carbons (Fsp3) is 0.327. The van der Waals surface area contributed by atoms with Crippen LogP contribution < -0.4 is 14.2 Å². The van der Waals surface area contributed by atoms with Gasteiger partial charge in [-0.25, -0.2) is 42.7 Å². The number of halogens is 3. The molecule has 8 rings (SSSR count). The van der Waals surface area contributed by atoms with E-state index < -0.39 is 46.8 Å². The first-order valence-electron chi connectivity index (χ1n) is 24.0. The number of aromatic nitrogens is 4. The number of amides is 1. The molecule has 1 aliphatic rings. The van der Waals surface area contributed by atoms with Crippen LogP contribution in [0.3, 0.4) is 0 Å². The summed E-state index contributed by atoms with van der Waals surface area (Å²) in [6, 6.07) is 22.3. The molecule has 0 spiro atoms. The highest BCUT2D eigenvalue weighted by molar-refractivity contribution is 7.22. The Hall–Kier alpha value is -7.48. The standard InChI is InChI=1S/C55H56F3N7O8S/c1-7-70-53(67)44(72-51-46-45(41-18-15-36(31-66)47(57)48(41)58)49(74-52(46)61-33-60-51)35-13-16-38(56)17-14-35)29-37-28-34(30-65(54(68)73-55(2,3)4)27-26-64-24-22-63(5)23-25-64)12-19-42(37)71-32-39-20-21-59-50(62-39)40-10-8-9-11-43(40)69-6/h8-21,28,31,33,44H,7,22-27,29-30,32H2,1-6H3/t44-/m1/s1. The summed E-state index contributed by atoms with van der Waals surface area (Å²) < 4.78 is 76.1. The van der Waals surface area contributed by atoms with E-state index in [2.05, 4.69) is 31.8 Å². The third kappa shape index (κ3) is 12.6. The van der Waals surface area contributed by atoms with Gasteiger partial charge in [0.25, 0.3) is 0 Å². The molecule has 4 aromatic carbocycles. The summed E-state index contributed by atoms with van der Waals surface area (Å²) in [6.45, 7) is 11.7. The summed E-state index contributed by atoms with van der Waals surface area (Å²) in [7, 11) is 3.65. The number of ether oxygens (including phenoxy) is 5. The topological polar surface area (TPSA) is 159 Å². The summed E-state index contributed by atoms with van der Waals surface area (Å²) in [5.41, 5.74) is 1.39. The van der Waals surface area contributed by atoms with Crippen molar-refractivity contribution in [1.29, 1.82) is 0 Å². The molecule has 0 N–H and O–H groups in total. The van der Waals surface area contributed by atoms with E-state index in [0.717, 1.165) is 43.6 Å². The fourth-order valence-electron chi connectivity index (χ4n) is 8.38. The number of esters is 1. The van der Waals surface area contributed by atoms with Gasteiger partial charge in [-0.2, -0.15) is 0 Å². The molecule has 19 heteroatoms. The van der Waals surface area contributed by atoms with Gasteiger partial charge in [0.1, 0.15) is 40.7 Å². The second kappa shape index (κ2) is 23.6. The minimum Gasteiger partial charge on any atom is -0.496 e. The van der Waals surface area contributed by atoms with Crippen LogP contribution in [-0.2, 0) is 33.8 Å². The molecular weight excluding hydrogens is 976 g/mol. The number of para-hydroxylation sites is 1. The molecule has 4 heterocycles. The van der Waals surface area contributed by atoms with Crippen molar-refractivity contribution in [2.24, 2.45) is 0 Å². The van der Waals surface area contributed by atoms with Crippen molar-refractivity contribution in [2.45, 2.75) is 59.0 Å². The zero-order valence-corrected chi connectivity index (χ0v) is 42.7. The maximum Gasteiger partial charge on any atom is 0.410 e. The van der Waals surface area contributed by atoms with E-state index in [1.807, 2.05) is 57.2 Å². The van der Waals surface area contributed by atoms with E-state index in [4.69, 9.17) is 28.7 Å². The van der Waals surface area contributed by atoms with Gasteiger partial charge in [0.15, 0.2) is 23.7 Å². The minimum absolute atomic E-state index is 0.0202. The van der Waals surface area contributed by atoms with E-state index in [9.17, 15) is 18.8 Å².